The minimum Gasteiger partial charge on any atom is -0.377 e. The van der Waals surface area contributed by atoms with E-state index in [-0.39, 0.29) is 29.6 Å². The summed E-state index contributed by atoms with van der Waals surface area (Å²) in [7, 11) is 5.37. The molecule has 7 nitrogen and oxygen atoms in total. The van der Waals surface area contributed by atoms with Crippen molar-refractivity contribution in [2.75, 3.05) is 20.7 Å². The Morgan fingerprint density at radius 1 is 1.35 bits per heavy atom. The lowest BCUT2D eigenvalue weighted by Crippen LogP contribution is -2.45. The summed E-state index contributed by atoms with van der Waals surface area (Å²) in [4.78, 5) is 4.16. The van der Waals surface area contributed by atoms with E-state index in [0.29, 0.717) is 19.0 Å². The van der Waals surface area contributed by atoms with Gasteiger partial charge < -0.3 is 19.9 Å². The first-order valence-electron chi connectivity index (χ1n) is 6.24. The number of nitrogens with zero attached hydrogens (tertiary/aromatic N) is 4. The van der Waals surface area contributed by atoms with Crippen LogP contribution in [0, 0.1) is 6.92 Å². The van der Waals surface area contributed by atoms with E-state index < -0.39 is 0 Å². The number of hydrogen-bond acceptors (Lipinski definition) is 4. The third kappa shape index (κ3) is 5.61. The van der Waals surface area contributed by atoms with Gasteiger partial charge in [0.1, 0.15) is 5.82 Å². The minimum atomic E-state index is -0.237. The topological polar surface area (TPSA) is 76.4 Å². The summed E-state index contributed by atoms with van der Waals surface area (Å²) in [6.07, 6.45) is 0. The predicted molar refractivity (Wildman–Crippen MR) is 90.4 cm³/mol. The summed E-state index contributed by atoms with van der Waals surface area (Å²) in [6, 6.07) is 0. The van der Waals surface area contributed by atoms with Crippen molar-refractivity contribution in [2.45, 2.75) is 32.9 Å². The maximum atomic E-state index is 5.35. The fourth-order valence-electron chi connectivity index (χ4n) is 1.36. The molecule has 2 N–H and O–H groups in total. The highest BCUT2D eigenvalue weighted by atomic mass is 127. The third-order valence-electron chi connectivity index (χ3n) is 3.05. The molecule has 0 unspecified atom stereocenters. The van der Waals surface area contributed by atoms with Gasteiger partial charge in [0.25, 0.3) is 0 Å². The fourth-order valence-corrected chi connectivity index (χ4v) is 1.36. The van der Waals surface area contributed by atoms with Gasteiger partial charge in [0.05, 0.1) is 12.1 Å². The molecule has 0 atom stereocenters. The van der Waals surface area contributed by atoms with Gasteiger partial charge in [0.2, 0.25) is 0 Å². The maximum absolute atomic E-state index is 5.35. The number of rotatable bonds is 5. The van der Waals surface area contributed by atoms with Crippen molar-refractivity contribution in [1.82, 2.24) is 25.4 Å². The molecular weight excluding hydrogens is 371 g/mol. The number of methoxy groups -OCH3 is 1. The Labute approximate surface area is 137 Å². The molecule has 1 heterocycles. The number of hydrogen-bond donors (Lipinski definition) is 2. The third-order valence-corrected chi connectivity index (χ3v) is 3.05. The van der Waals surface area contributed by atoms with Gasteiger partial charge in [0, 0.05) is 27.7 Å². The molecule has 0 fully saturated rings. The van der Waals surface area contributed by atoms with E-state index in [1.54, 1.807) is 14.2 Å². The van der Waals surface area contributed by atoms with Gasteiger partial charge in [-0.2, -0.15) is 0 Å². The number of aromatic nitrogens is 3. The number of aliphatic imine (C=N–C) groups is 1. The van der Waals surface area contributed by atoms with Gasteiger partial charge in [0.15, 0.2) is 11.8 Å². The van der Waals surface area contributed by atoms with E-state index in [1.165, 1.54) is 0 Å². The second-order valence-electron chi connectivity index (χ2n) is 4.97. The summed E-state index contributed by atoms with van der Waals surface area (Å²) in [5, 5.41) is 14.5. The number of ether oxygens (including phenoxy) is 1. The molecule has 8 heteroatoms. The first-order valence-corrected chi connectivity index (χ1v) is 6.24. The number of nitrogens with one attached hydrogen (secondary N) is 2. The van der Waals surface area contributed by atoms with Gasteiger partial charge >= 0.3 is 0 Å². The van der Waals surface area contributed by atoms with Crippen LogP contribution in [0.15, 0.2) is 4.99 Å². The lowest BCUT2D eigenvalue weighted by Gasteiger charge is -2.24. The van der Waals surface area contributed by atoms with E-state index in [0.717, 1.165) is 11.6 Å². The molecule has 0 bridgehead atoms. The van der Waals surface area contributed by atoms with Crippen molar-refractivity contribution < 1.29 is 4.74 Å². The van der Waals surface area contributed by atoms with Crippen LogP contribution < -0.4 is 10.6 Å². The van der Waals surface area contributed by atoms with E-state index in [9.17, 15) is 0 Å². The fraction of sp³-hybridized carbons (Fsp3) is 0.750. The standard InChI is InChI=1S/C12H24N6O.HI/c1-9-16-17-10(18(9)5)7-14-11(13-4)15-8-12(2,3)19-6;/h7-8H2,1-6H3,(H2,13,14,15);1H. The first-order chi connectivity index (χ1) is 8.89. The normalized spacial score (nSPS) is 12.0. The van der Waals surface area contributed by atoms with E-state index in [4.69, 9.17) is 4.74 Å². The van der Waals surface area contributed by atoms with Crippen LogP contribution in [0.25, 0.3) is 0 Å². The second-order valence-corrected chi connectivity index (χ2v) is 4.97. The van der Waals surface area contributed by atoms with Crippen LogP contribution >= 0.6 is 24.0 Å². The van der Waals surface area contributed by atoms with Gasteiger partial charge in [-0.05, 0) is 20.8 Å². The first kappa shape index (κ1) is 19.1. The van der Waals surface area contributed by atoms with Gasteiger partial charge in [-0.3, -0.25) is 4.99 Å². The largest absolute Gasteiger partial charge is 0.377 e. The van der Waals surface area contributed by atoms with Crippen LogP contribution in [-0.4, -0.2) is 47.0 Å². The van der Waals surface area contributed by atoms with Crippen LogP contribution in [0.3, 0.4) is 0 Å². The molecule has 0 aliphatic rings. The molecule has 20 heavy (non-hydrogen) atoms. The number of halogens is 1. The average Bonchev–Trinajstić information content (AvgIpc) is 2.70. The number of aryl methyl sites for hydroxylation is 1. The highest BCUT2D eigenvalue weighted by Crippen LogP contribution is 2.04. The van der Waals surface area contributed by atoms with Crippen LogP contribution in [0.4, 0.5) is 0 Å². The molecular formula is C12H25IN6O. The summed E-state index contributed by atoms with van der Waals surface area (Å²) in [5.41, 5.74) is -0.237. The van der Waals surface area contributed by atoms with Gasteiger partial charge in [-0.15, -0.1) is 34.2 Å². The van der Waals surface area contributed by atoms with E-state index in [1.807, 2.05) is 32.4 Å². The lowest BCUT2D eigenvalue weighted by atomic mass is 10.1. The van der Waals surface area contributed by atoms with Crippen molar-refractivity contribution in [1.29, 1.82) is 0 Å². The zero-order valence-electron chi connectivity index (χ0n) is 13.0. The zero-order chi connectivity index (χ0) is 14.5. The van der Waals surface area contributed by atoms with Crippen LogP contribution in [-0.2, 0) is 18.3 Å². The van der Waals surface area contributed by atoms with Crippen molar-refractivity contribution in [3.05, 3.63) is 11.6 Å². The summed E-state index contributed by atoms with van der Waals surface area (Å²) >= 11 is 0. The molecule has 0 aromatic carbocycles. The van der Waals surface area contributed by atoms with Crippen LogP contribution in [0.1, 0.15) is 25.5 Å². The molecule has 0 aliphatic carbocycles. The van der Waals surface area contributed by atoms with Gasteiger partial charge in [-0.1, -0.05) is 0 Å². The smallest absolute Gasteiger partial charge is 0.191 e. The Hall–Kier alpha value is -0.900. The maximum Gasteiger partial charge on any atom is 0.191 e. The average molecular weight is 396 g/mol. The number of guanidine groups is 1. The highest BCUT2D eigenvalue weighted by Gasteiger charge is 2.16. The molecule has 0 radical (unpaired) electrons. The predicted octanol–water partition coefficient (Wildman–Crippen LogP) is 0.832. The van der Waals surface area contributed by atoms with E-state index >= 15 is 0 Å². The lowest BCUT2D eigenvalue weighted by molar-refractivity contribution is 0.0268. The molecule has 1 rings (SSSR count). The van der Waals surface area contributed by atoms with Crippen molar-refractivity contribution in [2.24, 2.45) is 12.0 Å². The SMILES string of the molecule is CN=C(NCc1nnc(C)n1C)NCC(C)(C)OC.I. The van der Waals surface area contributed by atoms with Crippen LogP contribution in [0.2, 0.25) is 0 Å². The molecule has 0 saturated carbocycles. The zero-order valence-corrected chi connectivity index (χ0v) is 15.3. The van der Waals surface area contributed by atoms with Gasteiger partial charge in [-0.25, -0.2) is 0 Å². The Bertz CT molecular complexity index is 443. The summed E-state index contributed by atoms with van der Waals surface area (Å²) in [6.45, 7) is 7.19. The monoisotopic (exact) mass is 396 g/mol. The Kier molecular flexibility index (Phi) is 8.02. The second kappa shape index (κ2) is 8.40. The Morgan fingerprint density at radius 2 is 2.00 bits per heavy atom. The highest BCUT2D eigenvalue weighted by molar-refractivity contribution is 14.0. The molecule has 0 saturated heterocycles. The molecule has 1 aromatic rings. The Morgan fingerprint density at radius 3 is 2.45 bits per heavy atom. The Balaban J connectivity index is 0.00000361. The van der Waals surface area contributed by atoms with Crippen molar-refractivity contribution in [3.8, 4) is 0 Å². The summed E-state index contributed by atoms with van der Waals surface area (Å²) in [5.74, 6) is 2.47. The molecule has 116 valence electrons. The molecule has 1 aromatic heterocycles. The molecule has 0 aliphatic heterocycles. The minimum absolute atomic E-state index is 0. The van der Waals surface area contributed by atoms with Crippen molar-refractivity contribution in [3.63, 3.8) is 0 Å². The molecule has 0 spiro atoms. The van der Waals surface area contributed by atoms with Crippen molar-refractivity contribution >= 4 is 29.9 Å². The summed E-state index contributed by atoms with van der Waals surface area (Å²) < 4.78 is 7.29. The van der Waals surface area contributed by atoms with Crippen LogP contribution in [0.5, 0.6) is 0 Å². The molecule has 0 amide bonds. The quantitative estimate of drug-likeness (QED) is 0.438. The van der Waals surface area contributed by atoms with E-state index in [2.05, 4.69) is 25.8 Å².